The van der Waals surface area contributed by atoms with Crippen LogP contribution in [0.5, 0.6) is 23.0 Å². The first-order valence-corrected chi connectivity index (χ1v) is 12.5. The molecule has 37 heavy (non-hydrogen) atoms. The van der Waals surface area contributed by atoms with Crippen molar-refractivity contribution in [1.29, 1.82) is 0 Å². The van der Waals surface area contributed by atoms with E-state index in [1.165, 1.54) is 0 Å². The maximum absolute atomic E-state index is 6.18. The Morgan fingerprint density at radius 1 is 0.541 bits per heavy atom. The van der Waals surface area contributed by atoms with Crippen molar-refractivity contribution >= 4 is 21.5 Å². The Hall–Kier alpha value is -3.56. The molecule has 0 spiro atoms. The number of hydrogen-bond acceptors (Lipinski definition) is 8. The average molecular weight is 501 g/mol. The Morgan fingerprint density at radius 3 is 1.81 bits per heavy atom. The molecule has 0 aliphatic carbocycles. The van der Waals surface area contributed by atoms with Crippen LogP contribution in [0.4, 0.5) is 0 Å². The molecular formula is C29H24O8. The van der Waals surface area contributed by atoms with Crippen LogP contribution in [-0.4, -0.2) is 51.6 Å². The zero-order valence-electron chi connectivity index (χ0n) is 19.9. The van der Waals surface area contributed by atoms with E-state index < -0.39 is 0 Å². The highest BCUT2D eigenvalue weighted by atomic mass is 16.8. The maximum Gasteiger partial charge on any atom is 0.223 e. The molecule has 4 atom stereocenters. The Morgan fingerprint density at radius 2 is 1.11 bits per heavy atom. The van der Waals surface area contributed by atoms with Crippen LogP contribution in [0.1, 0.15) is 11.1 Å². The third-order valence-electron chi connectivity index (χ3n) is 6.68. The quantitative estimate of drug-likeness (QED) is 0.294. The van der Waals surface area contributed by atoms with Crippen LogP contribution in [0.2, 0.25) is 0 Å². The molecule has 8 heteroatoms. The van der Waals surface area contributed by atoms with E-state index in [4.69, 9.17) is 37.9 Å². The van der Waals surface area contributed by atoms with Crippen LogP contribution in [0.15, 0.2) is 60.7 Å². The topological polar surface area (TPSA) is 87.0 Å². The van der Waals surface area contributed by atoms with Crippen molar-refractivity contribution in [2.75, 3.05) is 26.4 Å². The van der Waals surface area contributed by atoms with E-state index in [2.05, 4.69) is 30.3 Å². The molecule has 4 saturated heterocycles. The van der Waals surface area contributed by atoms with Crippen molar-refractivity contribution in [1.82, 2.24) is 0 Å². The minimum absolute atomic E-state index is 0.159. The van der Waals surface area contributed by atoms with E-state index in [0.717, 1.165) is 55.7 Å². The van der Waals surface area contributed by atoms with Crippen LogP contribution in [0.3, 0.4) is 0 Å². The summed E-state index contributed by atoms with van der Waals surface area (Å²) in [5.74, 6) is 3.09. The average Bonchev–Trinajstić information content (AvgIpc) is 3.72. The summed E-state index contributed by atoms with van der Waals surface area (Å²) in [6.45, 7) is 2.44. The standard InChI is InChI=1S/C29H24O8/c1-3-20(35-27-13-31-27)11-23-16(1)2-6-25(37-29-15-33-29)24(23)10-18-9-21(36-28-14-32-28)8-17-7-19(4-5-22(17)18)34-26-12-30-26/h1-9,11,26-29H,10,12-15H2. The summed E-state index contributed by atoms with van der Waals surface area (Å²) in [6.07, 6.45) is -0.113. The molecule has 0 amide bonds. The predicted molar refractivity (Wildman–Crippen MR) is 132 cm³/mol. The van der Waals surface area contributed by atoms with Crippen molar-refractivity contribution in [3.05, 3.63) is 71.8 Å². The van der Waals surface area contributed by atoms with Crippen LogP contribution >= 0.6 is 0 Å². The molecule has 4 aliphatic heterocycles. The summed E-state index contributed by atoms with van der Waals surface area (Å²) in [5, 5.41) is 4.30. The van der Waals surface area contributed by atoms with Gasteiger partial charge in [0.1, 0.15) is 49.4 Å². The summed E-state index contributed by atoms with van der Waals surface area (Å²) in [6, 6.07) is 20.4. The molecule has 0 bridgehead atoms. The van der Waals surface area contributed by atoms with E-state index in [1.54, 1.807) is 0 Å². The highest BCUT2D eigenvalue weighted by molar-refractivity contribution is 5.92. The molecule has 4 aliphatic rings. The molecule has 4 aromatic rings. The number of ether oxygens (including phenoxy) is 8. The fourth-order valence-electron chi connectivity index (χ4n) is 4.61. The molecule has 4 heterocycles. The van der Waals surface area contributed by atoms with Gasteiger partial charge in [0.15, 0.2) is 0 Å². The van der Waals surface area contributed by atoms with Gasteiger partial charge in [0, 0.05) is 12.0 Å². The highest BCUT2D eigenvalue weighted by Crippen LogP contribution is 2.38. The molecule has 0 radical (unpaired) electrons. The number of epoxide rings is 4. The van der Waals surface area contributed by atoms with E-state index >= 15 is 0 Å². The number of rotatable bonds is 10. The first kappa shape index (κ1) is 21.5. The largest absolute Gasteiger partial charge is 0.462 e. The Labute approximate surface area is 212 Å². The van der Waals surface area contributed by atoms with Crippen LogP contribution in [0.25, 0.3) is 21.5 Å². The molecule has 8 nitrogen and oxygen atoms in total. The van der Waals surface area contributed by atoms with Crippen molar-refractivity contribution in [3.8, 4) is 23.0 Å². The zero-order valence-corrected chi connectivity index (χ0v) is 19.9. The van der Waals surface area contributed by atoms with Gasteiger partial charge in [-0.05, 0) is 69.6 Å². The van der Waals surface area contributed by atoms with Crippen molar-refractivity contribution in [2.24, 2.45) is 0 Å². The van der Waals surface area contributed by atoms with Gasteiger partial charge in [-0.3, -0.25) is 0 Å². The Kier molecular flexibility index (Phi) is 4.94. The SMILES string of the molecule is c1cc2c(Cc3c(OC4CO4)ccc4ccc(OC5CO5)cc34)cc(OC3CO3)cc2cc1OC1CO1. The normalized spacial score (nSPS) is 25.1. The molecule has 4 unspecified atom stereocenters. The summed E-state index contributed by atoms with van der Waals surface area (Å²) >= 11 is 0. The summed E-state index contributed by atoms with van der Waals surface area (Å²) in [5.41, 5.74) is 2.16. The van der Waals surface area contributed by atoms with Crippen LogP contribution in [0, 0.1) is 0 Å². The smallest absolute Gasteiger partial charge is 0.223 e. The third kappa shape index (κ3) is 4.76. The lowest BCUT2D eigenvalue weighted by Gasteiger charge is -2.17. The molecule has 188 valence electrons. The van der Waals surface area contributed by atoms with Crippen LogP contribution in [-0.2, 0) is 25.4 Å². The van der Waals surface area contributed by atoms with Gasteiger partial charge in [0.2, 0.25) is 25.2 Å². The van der Waals surface area contributed by atoms with E-state index in [0.29, 0.717) is 32.8 Å². The first-order valence-electron chi connectivity index (χ1n) is 12.5. The lowest BCUT2D eigenvalue weighted by molar-refractivity contribution is 0.177. The van der Waals surface area contributed by atoms with Gasteiger partial charge in [0.25, 0.3) is 0 Å². The minimum atomic E-state index is -0.210. The second-order valence-corrected chi connectivity index (χ2v) is 9.59. The fraction of sp³-hybridized carbons (Fsp3) is 0.310. The molecule has 4 fully saturated rings. The predicted octanol–water partition coefficient (Wildman–Crippen LogP) is 4.52. The Bertz CT molecular complexity index is 1490. The van der Waals surface area contributed by atoms with E-state index in [9.17, 15) is 0 Å². The lowest BCUT2D eigenvalue weighted by Crippen LogP contribution is -2.04. The number of benzene rings is 4. The van der Waals surface area contributed by atoms with Gasteiger partial charge < -0.3 is 37.9 Å². The van der Waals surface area contributed by atoms with Crippen molar-refractivity contribution < 1.29 is 37.9 Å². The van der Waals surface area contributed by atoms with Gasteiger partial charge in [-0.2, -0.15) is 0 Å². The lowest BCUT2D eigenvalue weighted by atomic mass is 9.93. The number of hydrogen-bond donors (Lipinski definition) is 0. The fourth-order valence-corrected chi connectivity index (χ4v) is 4.61. The van der Waals surface area contributed by atoms with Gasteiger partial charge in [-0.25, -0.2) is 0 Å². The van der Waals surface area contributed by atoms with Crippen molar-refractivity contribution in [3.63, 3.8) is 0 Å². The summed E-state index contributed by atoms with van der Waals surface area (Å²) in [4.78, 5) is 0. The van der Waals surface area contributed by atoms with Crippen LogP contribution < -0.4 is 18.9 Å². The van der Waals surface area contributed by atoms with Gasteiger partial charge >= 0.3 is 0 Å². The third-order valence-corrected chi connectivity index (χ3v) is 6.68. The van der Waals surface area contributed by atoms with E-state index in [1.807, 2.05) is 30.3 Å². The maximum atomic E-state index is 6.18. The highest BCUT2D eigenvalue weighted by Gasteiger charge is 2.29. The molecule has 0 aromatic heterocycles. The summed E-state index contributed by atoms with van der Waals surface area (Å²) in [7, 11) is 0. The second-order valence-electron chi connectivity index (χ2n) is 9.59. The molecule has 8 rings (SSSR count). The molecule has 0 N–H and O–H groups in total. The molecular weight excluding hydrogens is 476 g/mol. The first-order chi connectivity index (χ1) is 18.2. The minimum Gasteiger partial charge on any atom is -0.462 e. The number of fused-ring (bicyclic) bond motifs is 2. The molecule has 0 saturated carbocycles. The van der Waals surface area contributed by atoms with Gasteiger partial charge in [-0.1, -0.05) is 18.2 Å². The van der Waals surface area contributed by atoms with Crippen molar-refractivity contribution in [2.45, 2.75) is 31.6 Å². The monoisotopic (exact) mass is 500 g/mol. The second kappa shape index (κ2) is 8.49. The Balaban J connectivity index is 1.24. The summed E-state index contributed by atoms with van der Waals surface area (Å²) < 4.78 is 45.2. The van der Waals surface area contributed by atoms with E-state index in [-0.39, 0.29) is 25.2 Å². The van der Waals surface area contributed by atoms with Gasteiger partial charge in [-0.15, -0.1) is 0 Å². The zero-order chi connectivity index (χ0) is 24.3. The molecule has 4 aromatic carbocycles. The van der Waals surface area contributed by atoms with Gasteiger partial charge in [0.05, 0.1) is 0 Å².